The summed E-state index contributed by atoms with van der Waals surface area (Å²) in [4.78, 5) is 29.6. The summed E-state index contributed by atoms with van der Waals surface area (Å²) in [7, 11) is 2.96. The van der Waals surface area contributed by atoms with Crippen molar-refractivity contribution in [3.8, 4) is 5.75 Å². The molecule has 0 spiro atoms. The molecule has 1 unspecified atom stereocenters. The fraction of sp³-hybridized carbons (Fsp3) is 0.421. The molecule has 0 saturated carbocycles. The first-order valence-corrected chi connectivity index (χ1v) is 8.10. The van der Waals surface area contributed by atoms with Gasteiger partial charge >= 0.3 is 5.97 Å². The monoisotopic (exact) mass is 327 g/mol. The Labute approximate surface area is 141 Å². The summed E-state index contributed by atoms with van der Waals surface area (Å²) in [5.41, 5.74) is 3.05. The lowest BCUT2D eigenvalue weighted by molar-refractivity contribution is -0.143. The van der Waals surface area contributed by atoms with Gasteiger partial charge in [0.2, 0.25) is 0 Å². The van der Waals surface area contributed by atoms with Crippen LogP contribution in [0.15, 0.2) is 40.5 Å². The van der Waals surface area contributed by atoms with Gasteiger partial charge in [0.25, 0.3) is 0 Å². The number of ketones is 1. The zero-order chi connectivity index (χ0) is 17.3. The third kappa shape index (κ3) is 2.75. The Morgan fingerprint density at radius 3 is 2.75 bits per heavy atom. The topological polar surface area (TPSA) is 65.0 Å². The third-order valence-corrected chi connectivity index (χ3v) is 4.74. The van der Waals surface area contributed by atoms with E-state index in [-0.39, 0.29) is 17.7 Å². The van der Waals surface area contributed by atoms with Gasteiger partial charge in [0, 0.05) is 29.3 Å². The third-order valence-electron chi connectivity index (χ3n) is 4.74. The minimum Gasteiger partial charge on any atom is -0.497 e. The lowest BCUT2D eigenvalue weighted by atomic mass is 9.72. The highest BCUT2D eigenvalue weighted by molar-refractivity contribution is 6.08. The largest absolute Gasteiger partial charge is 0.497 e. The smallest absolute Gasteiger partial charge is 0.315 e. The van der Waals surface area contributed by atoms with Gasteiger partial charge in [-0.1, -0.05) is 12.1 Å². The molecule has 5 nitrogen and oxygen atoms in total. The molecule has 1 aromatic rings. The van der Waals surface area contributed by atoms with Crippen LogP contribution >= 0.6 is 0 Å². The quantitative estimate of drug-likeness (QED) is 0.800. The summed E-state index contributed by atoms with van der Waals surface area (Å²) in [6.07, 6.45) is 2.08. The number of hydrogen-bond donors (Lipinski definition) is 0. The standard InChI is InChI=1S/C19H21NO4/c1-11-16(19(22)24-3)17(12-6-4-7-13(10-12)23-2)18-14(20-11)8-5-9-15(18)21/h4,6-7,10,16-17H,5,8-9H2,1-3H3/t16?,17-/m0/s1. The van der Waals surface area contributed by atoms with Crippen LogP contribution in [0.5, 0.6) is 5.75 Å². The SMILES string of the molecule is COC(=O)C1C(C)=NC2=C(C(=O)CCC2)[C@H]1c1cccc(OC)c1. The van der Waals surface area contributed by atoms with E-state index in [1.165, 1.54) is 7.11 Å². The molecule has 0 bridgehead atoms. The van der Waals surface area contributed by atoms with Crippen LogP contribution in [0.3, 0.4) is 0 Å². The predicted molar refractivity (Wildman–Crippen MR) is 90.2 cm³/mol. The van der Waals surface area contributed by atoms with E-state index in [4.69, 9.17) is 9.47 Å². The maximum absolute atomic E-state index is 12.6. The molecule has 1 aliphatic carbocycles. The van der Waals surface area contributed by atoms with Crippen LogP contribution in [0.4, 0.5) is 0 Å². The first-order chi connectivity index (χ1) is 11.6. The van der Waals surface area contributed by atoms with Crippen molar-refractivity contribution in [1.29, 1.82) is 0 Å². The maximum Gasteiger partial charge on any atom is 0.315 e. The van der Waals surface area contributed by atoms with Crippen LogP contribution in [0.1, 0.15) is 37.7 Å². The van der Waals surface area contributed by atoms with Crippen molar-refractivity contribution in [2.75, 3.05) is 14.2 Å². The lowest BCUT2D eigenvalue weighted by Crippen LogP contribution is -2.36. The van der Waals surface area contributed by atoms with E-state index in [1.54, 1.807) is 7.11 Å². The molecule has 5 heteroatoms. The van der Waals surface area contributed by atoms with E-state index in [9.17, 15) is 9.59 Å². The molecule has 2 atom stereocenters. The number of benzene rings is 1. The van der Waals surface area contributed by atoms with Gasteiger partial charge in [0.15, 0.2) is 5.78 Å². The number of hydrogen-bond acceptors (Lipinski definition) is 5. The zero-order valence-corrected chi connectivity index (χ0v) is 14.2. The molecule has 0 aromatic heterocycles. The van der Waals surface area contributed by atoms with Crippen molar-refractivity contribution in [2.24, 2.45) is 10.9 Å². The summed E-state index contributed by atoms with van der Waals surface area (Å²) < 4.78 is 10.3. The molecular formula is C19H21NO4. The fourth-order valence-corrected chi connectivity index (χ4v) is 3.63. The zero-order valence-electron chi connectivity index (χ0n) is 14.2. The molecule has 0 saturated heterocycles. The van der Waals surface area contributed by atoms with Crippen LogP contribution in [-0.4, -0.2) is 31.7 Å². The van der Waals surface area contributed by atoms with Crippen molar-refractivity contribution in [1.82, 2.24) is 0 Å². The molecule has 0 N–H and O–H groups in total. The Kier molecular flexibility index (Phi) is 4.51. The number of allylic oxidation sites excluding steroid dienone is 2. The van der Waals surface area contributed by atoms with Crippen LogP contribution in [0.25, 0.3) is 0 Å². The van der Waals surface area contributed by atoms with Gasteiger partial charge < -0.3 is 9.47 Å². The number of nitrogens with zero attached hydrogens (tertiary/aromatic N) is 1. The summed E-state index contributed by atoms with van der Waals surface area (Å²) in [6, 6.07) is 7.52. The second-order valence-corrected chi connectivity index (χ2v) is 6.15. The predicted octanol–water partition coefficient (Wildman–Crippen LogP) is 3.05. The summed E-state index contributed by atoms with van der Waals surface area (Å²) in [5.74, 6) is -0.541. The average Bonchev–Trinajstić information content (AvgIpc) is 2.60. The number of rotatable bonds is 3. The second-order valence-electron chi connectivity index (χ2n) is 6.15. The molecule has 24 heavy (non-hydrogen) atoms. The molecule has 126 valence electrons. The van der Waals surface area contributed by atoms with Gasteiger partial charge in [-0.15, -0.1) is 0 Å². The number of aliphatic imine (C=N–C) groups is 1. The van der Waals surface area contributed by atoms with Gasteiger partial charge in [0.05, 0.1) is 14.2 Å². The molecule has 1 heterocycles. The summed E-state index contributed by atoms with van der Waals surface area (Å²) in [6.45, 7) is 1.83. The van der Waals surface area contributed by atoms with Gasteiger partial charge in [-0.05, 0) is 37.5 Å². The van der Waals surface area contributed by atoms with Gasteiger partial charge in [-0.25, -0.2) is 0 Å². The first kappa shape index (κ1) is 16.4. The van der Waals surface area contributed by atoms with Crippen LogP contribution in [0.2, 0.25) is 0 Å². The van der Waals surface area contributed by atoms with E-state index >= 15 is 0 Å². The summed E-state index contributed by atoms with van der Waals surface area (Å²) in [5, 5.41) is 0. The highest BCUT2D eigenvalue weighted by atomic mass is 16.5. The maximum atomic E-state index is 12.6. The number of esters is 1. The highest BCUT2D eigenvalue weighted by Gasteiger charge is 2.42. The molecule has 0 amide bonds. The van der Waals surface area contributed by atoms with E-state index < -0.39 is 5.92 Å². The molecule has 2 aliphatic rings. The number of Topliss-reactive ketones (excluding diaryl/α,β-unsaturated/α-hetero) is 1. The van der Waals surface area contributed by atoms with Gasteiger partial charge in [-0.3, -0.25) is 14.6 Å². The minimum absolute atomic E-state index is 0.0780. The number of carbonyl (C=O) groups excluding carboxylic acids is 2. The average molecular weight is 327 g/mol. The Hall–Kier alpha value is -2.43. The van der Waals surface area contributed by atoms with Gasteiger partial charge in [0.1, 0.15) is 11.7 Å². The molecule has 1 aromatic carbocycles. The van der Waals surface area contributed by atoms with Gasteiger partial charge in [-0.2, -0.15) is 0 Å². The van der Waals surface area contributed by atoms with Crippen molar-refractivity contribution >= 4 is 17.5 Å². The van der Waals surface area contributed by atoms with Crippen molar-refractivity contribution in [2.45, 2.75) is 32.1 Å². The van der Waals surface area contributed by atoms with Crippen molar-refractivity contribution in [3.05, 3.63) is 41.1 Å². The van der Waals surface area contributed by atoms with Crippen LogP contribution < -0.4 is 4.74 Å². The lowest BCUT2D eigenvalue weighted by Gasteiger charge is -2.34. The van der Waals surface area contributed by atoms with E-state index in [1.807, 2.05) is 31.2 Å². The molecule has 3 rings (SSSR count). The Balaban J connectivity index is 2.18. The Morgan fingerprint density at radius 2 is 2.04 bits per heavy atom. The fourth-order valence-electron chi connectivity index (χ4n) is 3.63. The number of methoxy groups -OCH3 is 2. The van der Waals surface area contributed by atoms with E-state index in [0.29, 0.717) is 23.5 Å². The van der Waals surface area contributed by atoms with Crippen molar-refractivity contribution < 1.29 is 19.1 Å². The van der Waals surface area contributed by atoms with E-state index in [0.717, 1.165) is 24.1 Å². The Bertz CT molecular complexity index is 747. The first-order valence-electron chi connectivity index (χ1n) is 8.10. The molecular weight excluding hydrogens is 306 g/mol. The highest BCUT2D eigenvalue weighted by Crippen LogP contribution is 2.44. The number of ether oxygens (including phenoxy) is 2. The second kappa shape index (κ2) is 6.59. The number of carbonyl (C=O) groups is 2. The summed E-state index contributed by atoms with van der Waals surface area (Å²) >= 11 is 0. The van der Waals surface area contributed by atoms with Crippen LogP contribution in [-0.2, 0) is 14.3 Å². The van der Waals surface area contributed by atoms with Crippen LogP contribution in [0, 0.1) is 5.92 Å². The minimum atomic E-state index is -0.581. The molecule has 1 aliphatic heterocycles. The molecule has 0 radical (unpaired) electrons. The molecule has 0 fully saturated rings. The van der Waals surface area contributed by atoms with Crippen molar-refractivity contribution in [3.63, 3.8) is 0 Å². The Morgan fingerprint density at radius 1 is 1.25 bits per heavy atom. The van der Waals surface area contributed by atoms with E-state index in [2.05, 4.69) is 4.99 Å². The normalized spacial score (nSPS) is 23.5.